The first kappa shape index (κ1) is 28.3. The largest absolute Gasteiger partial charge is 0.507 e. The summed E-state index contributed by atoms with van der Waals surface area (Å²) in [4.78, 5) is 21.6. The first-order chi connectivity index (χ1) is 18.4. The van der Waals surface area contributed by atoms with E-state index in [4.69, 9.17) is 4.74 Å². The van der Waals surface area contributed by atoms with Gasteiger partial charge >= 0.3 is 0 Å². The Balaban J connectivity index is 1.17. The van der Waals surface area contributed by atoms with Gasteiger partial charge in [-0.2, -0.15) is 0 Å². The summed E-state index contributed by atoms with van der Waals surface area (Å²) < 4.78 is 18.1. The van der Waals surface area contributed by atoms with Gasteiger partial charge in [-0.25, -0.2) is 4.98 Å². The molecule has 1 amide bonds. The number of phenolic OH excluding ortho intramolecular Hbond substituents is 1. The van der Waals surface area contributed by atoms with E-state index in [2.05, 4.69) is 15.2 Å². The van der Waals surface area contributed by atoms with E-state index in [9.17, 15) is 19.2 Å². The van der Waals surface area contributed by atoms with E-state index >= 15 is 0 Å². The zero-order valence-corrected chi connectivity index (χ0v) is 23.0. The summed E-state index contributed by atoms with van der Waals surface area (Å²) in [5, 5.41) is 23.9. The predicted octanol–water partition coefficient (Wildman–Crippen LogP) is 2.93. The number of rotatable bonds is 12. The Hall–Kier alpha value is -2.69. The molecule has 3 N–H and O–H groups in total. The minimum absolute atomic E-state index is 0.00190. The molecule has 2 fully saturated rings. The van der Waals surface area contributed by atoms with Gasteiger partial charge in [-0.05, 0) is 56.4 Å². The molecular weight excluding hydrogens is 504 g/mol. The van der Waals surface area contributed by atoms with E-state index in [-0.39, 0.29) is 24.3 Å². The Bertz CT molecular complexity index is 1070. The number of piperidine rings is 1. The van der Waals surface area contributed by atoms with Crippen molar-refractivity contribution < 1.29 is 24.0 Å². The summed E-state index contributed by atoms with van der Waals surface area (Å²) in [5.74, 6) is 1.94. The number of aromatic hydroxyl groups is 1. The number of phenols is 1. The summed E-state index contributed by atoms with van der Waals surface area (Å²) in [6, 6.07) is 8.81. The molecule has 2 saturated heterocycles. The van der Waals surface area contributed by atoms with Crippen molar-refractivity contribution in [3.8, 4) is 11.5 Å². The van der Waals surface area contributed by atoms with Crippen LogP contribution in [0.1, 0.15) is 55.8 Å². The van der Waals surface area contributed by atoms with Crippen LogP contribution in [0.2, 0.25) is 0 Å². The molecule has 2 aliphatic rings. The second-order valence-electron chi connectivity index (χ2n) is 10.1. The van der Waals surface area contributed by atoms with Crippen molar-refractivity contribution >= 4 is 22.5 Å². The number of pyridine rings is 1. The van der Waals surface area contributed by atoms with Crippen molar-refractivity contribution in [2.24, 2.45) is 0 Å². The zero-order valence-electron chi connectivity index (χ0n) is 22.2. The zero-order chi connectivity index (χ0) is 26.9. The van der Waals surface area contributed by atoms with Crippen LogP contribution in [0.15, 0.2) is 41.4 Å². The molecule has 0 saturated carbocycles. The highest BCUT2D eigenvalue weighted by Crippen LogP contribution is 2.27. The maximum absolute atomic E-state index is 12.5. The lowest BCUT2D eigenvalue weighted by Crippen LogP contribution is -2.45. The van der Waals surface area contributed by atoms with Gasteiger partial charge in [-0.15, -0.1) is 0 Å². The highest BCUT2D eigenvalue weighted by Gasteiger charge is 2.23. The number of amides is 1. The Morgan fingerprint density at radius 2 is 1.95 bits per heavy atom. The monoisotopic (exact) mass is 544 g/mol. The fourth-order valence-electron chi connectivity index (χ4n) is 4.82. The highest BCUT2D eigenvalue weighted by molar-refractivity contribution is 7.85. The maximum Gasteiger partial charge on any atom is 0.255 e. The molecular formula is C28H40N4O5S. The quantitative estimate of drug-likeness (QED) is 0.374. The summed E-state index contributed by atoms with van der Waals surface area (Å²) in [5.41, 5.74) is 0.650. The molecule has 2 unspecified atom stereocenters. The number of aliphatic hydroxyl groups excluding tert-OH is 1. The van der Waals surface area contributed by atoms with Crippen molar-refractivity contribution in [1.29, 1.82) is 0 Å². The molecule has 2 aromatic rings. The fraction of sp³-hybridized carbons (Fsp3) is 0.571. The number of benzene rings is 1. The van der Waals surface area contributed by atoms with Gasteiger partial charge < -0.3 is 30.1 Å². The maximum atomic E-state index is 12.5. The van der Waals surface area contributed by atoms with Crippen molar-refractivity contribution in [2.45, 2.75) is 62.5 Å². The summed E-state index contributed by atoms with van der Waals surface area (Å²) in [7, 11) is -1.28. The molecule has 208 valence electrons. The molecule has 0 bridgehead atoms. The van der Waals surface area contributed by atoms with Crippen molar-refractivity contribution in [2.75, 3.05) is 50.0 Å². The third-order valence-corrected chi connectivity index (χ3v) is 8.63. The number of anilines is 1. The number of aliphatic hydroxyl groups is 1. The van der Waals surface area contributed by atoms with Gasteiger partial charge in [0.15, 0.2) is 0 Å². The normalized spacial score (nSPS) is 17.9. The Labute approximate surface area is 227 Å². The number of nitrogens with zero attached hydrogens (tertiary/aromatic N) is 3. The number of hydrogen-bond donors (Lipinski definition) is 3. The van der Waals surface area contributed by atoms with E-state index in [1.807, 2.05) is 24.0 Å². The number of likely N-dealkylation sites (tertiary alicyclic amines) is 1. The minimum atomic E-state index is -1.28. The third kappa shape index (κ3) is 7.68. The number of unbranched alkanes of at least 4 members (excludes halogenated alkanes) is 1. The lowest BCUT2D eigenvalue weighted by Gasteiger charge is -2.33. The van der Waals surface area contributed by atoms with E-state index < -0.39 is 16.9 Å². The van der Waals surface area contributed by atoms with Crippen LogP contribution in [0.5, 0.6) is 11.5 Å². The second kappa shape index (κ2) is 13.9. The first-order valence-corrected chi connectivity index (χ1v) is 15.0. The molecule has 10 heteroatoms. The van der Waals surface area contributed by atoms with Crippen LogP contribution in [-0.2, 0) is 10.8 Å². The topological polar surface area (TPSA) is 115 Å². The Morgan fingerprint density at radius 3 is 2.63 bits per heavy atom. The molecule has 3 heterocycles. The Morgan fingerprint density at radius 1 is 1.18 bits per heavy atom. The average molecular weight is 545 g/mol. The van der Waals surface area contributed by atoms with Crippen LogP contribution in [0.25, 0.3) is 0 Å². The molecule has 1 aromatic heterocycles. The van der Waals surface area contributed by atoms with Gasteiger partial charge in [0, 0.05) is 56.8 Å². The number of carbonyl (C=O) groups excluding carboxylic acids is 1. The average Bonchev–Trinajstić information content (AvgIpc) is 3.49. The van der Waals surface area contributed by atoms with Crippen LogP contribution >= 0.6 is 0 Å². The molecule has 9 nitrogen and oxygen atoms in total. The summed E-state index contributed by atoms with van der Waals surface area (Å²) in [6.07, 6.45) is 6.76. The van der Waals surface area contributed by atoms with Gasteiger partial charge in [0.1, 0.15) is 30.0 Å². The first-order valence-electron chi connectivity index (χ1n) is 13.7. The minimum Gasteiger partial charge on any atom is -0.507 e. The van der Waals surface area contributed by atoms with Crippen molar-refractivity contribution in [3.63, 3.8) is 0 Å². The predicted molar refractivity (Wildman–Crippen MR) is 148 cm³/mol. The van der Waals surface area contributed by atoms with Crippen LogP contribution < -0.4 is 15.0 Å². The highest BCUT2D eigenvalue weighted by atomic mass is 32.2. The second-order valence-corrected chi connectivity index (χ2v) is 11.6. The lowest BCUT2D eigenvalue weighted by molar-refractivity contribution is 0.0792. The summed E-state index contributed by atoms with van der Waals surface area (Å²) in [6.45, 7) is 5.91. The van der Waals surface area contributed by atoms with Crippen LogP contribution in [0.4, 0.5) is 5.82 Å². The van der Waals surface area contributed by atoms with Crippen molar-refractivity contribution in [1.82, 2.24) is 15.2 Å². The van der Waals surface area contributed by atoms with Crippen molar-refractivity contribution in [3.05, 3.63) is 42.1 Å². The van der Waals surface area contributed by atoms with E-state index in [0.717, 1.165) is 70.5 Å². The van der Waals surface area contributed by atoms with E-state index in [1.165, 1.54) is 6.07 Å². The van der Waals surface area contributed by atoms with Crippen LogP contribution in [0.3, 0.4) is 0 Å². The molecule has 0 radical (unpaired) electrons. The fourth-order valence-corrected chi connectivity index (χ4v) is 6.14. The number of hydrogen-bond acceptors (Lipinski definition) is 8. The Kier molecular flexibility index (Phi) is 10.4. The molecule has 0 aliphatic carbocycles. The standard InChI is InChI=1S/C28H40N4O5S/c1-2-3-16-38(36)26-17-24(7-8-25(26)34)37-20-23(33)19-29-22-10-14-31(15-11-22)27-9-6-21(18-30-27)28(35)32-12-4-5-13-32/h6-9,17-18,22-23,29,33-34H,2-5,10-16,19-20H2,1H3. The number of nitrogens with one attached hydrogen (secondary N) is 1. The lowest BCUT2D eigenvalue weighted by atomic mass is 10.0. The molecule has 1 aromatic carbocycles. The molecule has 4 rings (SSSR count). The SMILES string of the molecule is CCCCS(=O)c1cc(OCC(O)CNC2CCN(c3ccc(C(=O)N4CCCC4)cn3)CC2)ccc1O. The molecule has 0 spiro atoms. The van der Waals surface area contributed by atoms with Gasteiger partial charge in [0.2, 0.25) is 0 Å². The van der Waals surface area contributed by atoms with Gasteiger partial charge in [-0.3, -0.25) is 9.00 Å². The van der Waals surface area contributed by atoms with Gasteiger partial charge in [-0.1, -0.05) is 13.3 Å². The number of carbonyl (C=O) groups is 1. The van der Waals surface area contributed by atoms with E-state index in [0.29, 0.717) is 28.5 Å². The van der Waals surface area contributed by atoms with Gasteiger partial charge in [0.25, 0.3) is 5.91 Å². The van der Waals surface area contributed by atoms with Gasteiger partial charge in [0.05, 0.1) is 21.3 Å². The number of aromatic nitrogens is 1. The smallest absolute Gasteiger partial charge is 0.255 e. The van der Waals surface area contributed by atoms with E-state index in [1.54, 1.807) is 18.3 Å². The molecule has 38 heavy (non-hydrogen) atoms. The molecule has 2 atom stereocenters. The number of ether oxygens (including phenoxy) is 1. The summed E-state index contributed by atoms with van der Waals surface area (Å²) >= 11 is 0. The third-order valence-electron chi connectivity index (χ3n) is 7.15. The van der Waals surface area contributed by atoms with Crippen LogP contribution in [0, 0.1) is 0 Å². The molecule has 2 aliphatic heterocycles. The van der Waals surface area contributed by atoms with Crippen LogP contribution in [-0.4, -0.2) is 87.4 Å².